The number of nitrogens with zero attached hydrogens (tertiary/aromatic N) is 2. The summed E-state index contributed by atoms with van der Waals surface area (Å²) in [6.45, 7) is 8.58. The van der Waals surface area contributed by atoms with Crippen LogP contribution in [0.2, 0.25) is 0 Å². The number of nitrogens with one attached hydrogen (secondary N) is 1. The topological polar surface area (TPSA) is 71.4 Å². The molecule has 1 aromatic rings. The van der Waals surface area contributed by atoms with Gasteiger partial charge in [0.25, 0.3) is 5.91 Å². The van der Waals surface area contributed by atoms with E-state index in [2.05, 4.69) is 12.2 Å². The number of hydrogen-bond donors (Lipinski definition) is 1. The molecule has 1 heterocycles. The van der Waals surface area contributed by atoms with Crippen molar-refractivity contribution in [2.45, 2.75) is 70.7 Å². The third-order valence-corrected chi connectivity index (χ3v) is 6.44. The molecule has 0 aliphatic heterocycles. The number of carbonyl (C=O) groups excluding carboxylic acids is 1. The second kappa shape index (κ2) is 9.97. The zero-order valence-corrected chi connectivity index (χ0v) is 17.0. The summed E-state index contributed by atoms with van der Waals surface area (Å²) in [7, 11) is -1.86. The van der Waals surface area contributed by atoms with Crippen molar-refractivity contribution in [2.75, 3.05) is 13.1 Å². The molecule has 1 amide bonds. The summed E-state index contributed by atoms with van der Waals surface area (Å²) in [5.74, 6) is -0.230. The molecule has 7 heteroatoms. The van der Waals surface area contributed by atoms with E-state index in [9.17, 15) is 13.2 Å². The van der Waals surface area contributed by atoms with E-state index in [0.717, 1.165) is 12.8 Å². The van der Waals surface area contributed by atoms with Gasteiger partial charge >= 0.3 is 0 Å². The van der Waals surface area contributed by atoms with Gasteiger partial charge in [-0.25, -0.2) is 8.42 Å². The standard InChI is InChI=1S/C18H33N3O3S/c1-6-9-10-11-12-15(4)19-18(22)17-13-16(14-20(17)5)25(23,24)21(7-2)8-3/h13-15H,6-12H2,1-5H3,(H,19,22). The minimum absolute atomic E-state index is 0.0714. The molecule has 1 atom stereocenters. The van der Waals surface area contributed by atoms with Crippen LogP contribution in [0.4, 0.5) is 0 Å². The van der Waals surface area contributed by atoms with Gasteiger partial charge in [0.05, 0.1) is 0 Å². The summed E-state index contributed by atoms with van der Waals surface area (Å²) in [5.41, 5.74) is 0.367. The molecule has 1 rings (SSSR count). The summed E-state index contributed by atoms with van der Waals surface area (Å²) >= 11 is 0. The normalized spacial score (nSPS) is 13.2. The third kappa shape index (κ3) is 5.85. The van der Waals surface area contributed by atoms with Crippen LogP contribution in [0, 0.1) is 0 Å². The first-order chi connectivity index (χ1) is 11.8. The molecule has 144 valence electrons. The number of sulfonamides is 1. The Hall–Kier alpha value is -1.34. The number of aromatic nitrogens is 1. The van der Waals surface area contributed by atoms with Gasteiger partial charge in [-0.3, -0.25) is 4.79 Å². The van der Waals surface area contributed by atoms with E-state index in [4.69, 9.17) is 0 Å². The molecule has 0 radical (unpaired) electrons. The SMILES string of the molecule is CCCCCCC(C)NC(=O)c1cc(S(=O)(=O)N(CC)CC)cn1C. The molecule has 0 spiro atoms. The Balaban J connectivity index is 2.80. The van der Waals surface area contributed by atoms with Crippen LogP contribution in [0.25, 0.3) is 0 Å². The fourth-order valence-corrected chi connectivity index (χ4v) is 4.39. The quantitative estimate of drug-likeness (QED) is 0.608. The Morgan fingerprint density at radius 3 is 2.40 bits per heavy atom. The molecule has 6 nitrogen and oxygen atoms in total. The van der Waals surface area contributed by atoms with Crippen LogP contribution in [0.15, 0.2) is 17.2 Å². The van der Waals surface area contributed by atoms with Gasteiger partial charge in [-0.05, 0) is 19.4 Å². The van der Waals surface area contributed by atoms with Crippen LogP contribution >= 0.6 is 0 Å². The zero-order chi connectivity index (χ0) is 19.0. The van der Waals surface area contributed by atoms with Crippen LogP contribution in [-0.2, 0) is 17.1 Å². The van der Waals surface area contributed by atoms with E-state index < -0.39 is 10.0 Å². The molecule has 25 heavy (non-hydrogen) atoms. The van der Waals surface area contributed by atoms with Crippen molar-refractivity contribution >= 4 is 15.9 Å². The summed E-state index contributed by atoms with van der Waals surface area (Å²) in [5, 5.41) is 2.97. The summed E-state index contributed by atoms with van der Waals surface area (Å²) in [4.78, 5) is 12.6. The molecule has 0 fully saturated rings. The third-order valence-electron chi connectivity index (χ3n) is 4.42. The highest BCUT2D eigenvalue weighted by Crippen LogP contribution is 2.18. The van der Waals surface area contributed by atoms with Gasteiger partial charge in [0, 0.05) is 32.4 Å². The van der Waals surface area contributed by atoms with Crippen LogP contribution in [0.5, 0.6) is 0 Å². The predicted octanol–water partition coefficient (Wildman–Crippen LogP) is 3.14. The molecule has 0 saturated heterocycles. The Morgan fingerprint density at radius 2 is 1.84 bits per heavy atom. The average molecular weight is 372 g/mol. The van der Waals surface area contributed by atoms with Crippen molar-refractivity contribution in [2.24, 2.45) is 7.05 Å². The lowest BCUT2D eigenvalue weighted by Crippen LogP contribution is -2.33. The van der Waals surface area contributed by atoms with Gasteiger partial charge in [-0.15, -0.1) is 0 Å². The minimum atomic E-state index is -3.55. The van der Waals surface area contributed by atoms with Gasteiger partial charge in [0.15, 0.2) is 0 Å². The van der Waals surface area contributed by atoms with E-state index >= 15 is 0 Å². The van der Waals surface area contributed by atoms with Crippen LogP contribution in [0.1, 0.15) is 70.3 Å². The van der Waals surface area contributed by atoms with E-state index in [1.165, 1.54) is 35.8 Å². The first-order valence-corrected chi connectivity index (χ1v) is 10.7. The lowest BCUT2D eigenvalue weighted by atomic mass is 10.1. The highest BCUT2D eigenvalue weighted by atomic mass is 32.2. The number of hydrogen-bond acceptors (Lipinski definition) is 3. The largest absolute Gasteiger partial charge is 0.348 e. The Kier molecular flexibility index (Phi) is 8.65. The Morgan fingerprint density at radius 1 is 1.20 bits per heavy atom. The van der Waals surface area contributed by atoms with Crippen molar-refractivity contribution in [1.82, 2.24) is 14.2 Å². The highest BCUT2D eigenvalue weighted by molar-refractivity contribution is 7.89. The van der Waals surface area contributed by atoms with Crippen molar-refractivity contribution in [3.05, 3.63) is 18.0 Å². The van der Waals surface area contributed by atoms with Crippen LogP contribution < -0.4 is 5.32 Å². The second-order valence-corrected chi connectivity index (χ2v) is 8.42. The highest BCUT2D eigenvalue weighted by Gasteiger charge is 2.25. The van der Waals surface area contributed by atoms with Crippen LogP contribution in [-0.4, -0.2) is 42.3 Å². The van der Waals surface area contributed by atoms with Gasteiger partial charge in [-0.2, -0.15) is 4.31 Å². The van der Waals surface area contributed by atoms with E-state index in [1.54, 1.807) is 25.5 Å². The van der Waals surface area contributed by atoms with E-state index in [-0.39, 0.29) is 16.8 Å². The first kappa shape index (κ1) is 21.7. The maximum Gasteiger partial charge on any atom is 0.268 e. The van der Waals surface area contributed by atoms with Crippen molar-refractivity contribution in [1.29, 1.82) is 0 Å². The molecule has 0 aliphatic rings. The zero-order valence-electron chi connectivity index (χ0n) is 16.2. The predicted molar refractivity (Wildman–Crippen MR) is 101 cm³/mol. The van der Waals surface area contributed by atoms with Gasteiger partial charge in [0.1, 0.15) is 10.6 Å². The van der Waals surface area contributed by atoms with Crippen molar-refractivity contribution in [3.63, 3.8) is 0 Å². The molecule has 1 aromatic heterocycles. The minimum Gasteiger partial charge on any atom is -0.348 e. The molecule has 0 bridgehead atoms. The van der Waals surface area contributed by atoms with E-state index in [1.807, 2.05) is 6.92 Å². The summed E-state index contributed by atoms with van der Waals surface area (Å²) in [6.07, 6.45) is 7.10. The van der Waals surface area contributed by atoms with Crippen LogP contribution in [0.3, 0.4) is 0 Å². The number of aryl methyl sites for hydroxylation is 1. The maximum absolute atomic E-state index is 12.6. The molecule has 0 aromatic carbocycles. The average Bonchev–Trinajstić information content (AvgIpc) is 2.95. The lowest BCUT2D eigenvalue weighted by Gasteiger charge is -2.17. The van der Waals surface area contributed by atoms with E-state index in [0.29, 0.717) is 18.8 Å². The molecule has 0 aliphatic carbocycles. The first-order valence-electron chi connectivity index (χ1n) is 9.25. The van der Waals surface area contributed by atoms with Gasteiger partial charge in [-0.1, -0.05) is 46.5 Å². The number of amides is 1. The number of rotatable bonds is 11. The fourth-order valence-electron chi connectivity index (χ4n) is 2.86. The second-order valence-electron chi connectivity index (χ2n) is 6.49. The molecule has 0 saturated carbocycles. The lowest BCUT2D eigenvalue weighted by molar-refractivity contribution is 0.0929. The molecular formula is C18H33N3O3S. The van der Waals surface area contributed by atoms with Crippen molar-refractivity contribution in [3.8, 4) is 0 Å². The molecule has 1 N–H and O–H groups in total. The monoisotopic (exact) mass is 371 g/mol. The fraction of sp³-hybridized carbons (Fsp3) is 0.722. The van der Waals surface area contributed by atoms with Crippen molar-refractivity contribution < 1.29 is 13.2 Å². The smallest absolute Gasteiger partial charge is 0.268 e. The summed E-state index contributed by atoms with van der Waals surface area (Å²) < 4.78 is 28.1. The van der Waals surface area contributed by atoms with Gasteiger partial charge < -0.3 is 9.88 Å². The Bertz CT molecular complexity index is 649. The molecule has 1 unspecified atom stereocenters. The summed E-state index contributed by atoms with van der Waals surface area (Å²) in [6, 6.07) is 1.54. The molecular weight excluding hydrogens is 338 g/mol. The number of carbonyl (C=O) groups is 1. The number of unbranched alkanes of at least 4 members (excludes halogenated alkanes) is 3. The Labute approximate surface area is 152 Å². The van der Waals surface area contributed by atoms with Gasteiger partial charge in [0.2, 0.25) is 10.0 Å². The maximum atomic E-state index is 12.6.